The number of nitrogens with zero attached hydrogens (tertiary/aromatic N) is 1. The summed E-state index contributed by atoms with van der Waals surface area (Å²) in [5.41, 5.74) is 7.26. The van der Waals surface area contributed by atoms with Gasteiger partial charge in [0.25, 0.3) is 0 Å². The molecule has 0 bridgehead atoms. The molecule has 5 heteroatoms. The van der Waals surface area contributed by atoms with Gasteiger partial charge in [0.05, 0.1) is 6.61 Å². The number of hydrogen-bond acceptors (Lipinski definition) is 3. The Morgan fingerprint density at radius 3 is 2.83 bits per heavy atom. The second-order valence-corrected chi connectivity index (χ2v) is 6.68. The van der Waals surface area contributed by atoms with Crippen molar-refractivity contribution in [1.29, 1.82) is 0 Å². The molecule has 1 aromatic rings. The van der Waals surface area contributed by atoms with Crippen LogP contribution in [0.25, 0.3) is 0 Å². The zero-order valence-electron chi connectivity index (χ0n) is 13.7. The molecule has 1 heterocycles. The van der Waals surface area contributed by atoms with Gasteiger partial charge in [-0.15, -0.1) is 12.4 Å². The van der Waals surface area contributed by atoms with Crippen LogP contribution in [0.4, 0.5) is 0 Å². The van der Waals surface area contributed by atoms with E-state index in [0.29, 0.717) is 30.9 Å². The van der Waals surface area contributed by atoms with Crippen LogP contribution in [-0.2, 0) is 4.79 Å². The summed E-state index contributed by atoms with van der Waals surface area (Å²) >= 11 is 0. The molecular weight excluding hydrogens is 312 g/mol. The molecule has 0 aromatic heterocycles. The van der Waals surface area contributed by atoms with Crippen LogP contribution in [0, 0.1) is 18.8 Å². The highest BCUT2D eigenvalue weighted by Crippen LogP contribution is 2.37. The first kappa shape index (κ1) is 18.1. The molecule has 1 saturated carbocycles. The first-order valence-corrected chi connectivity index (χ1v) is 8.37. The fraction of sp³-hybridized carbons (Fsp3) is 0.611. The van der Waals surface area contributed by atoms with Crippen molar-refractivity contribution < 1.29 is 9.53 Å². The van der Waals surface area contributed by atoms with Crippen LogP contribution in [-0.4, -0.2) is 36.5 Å². The molecule has 1 aromatic carbocycles. The summed E-state index contributed by atoms with van der Waals surface area (Å²) in [4.78, 5) is 14.3. The maximum atomic E-state index is 12.3. The quantitative estimate of drug-likeness (QED) is 0.840. The number of nitrogens with two attached hydrogens (primary N) is 1. The molecule has 23 heavy (non-hydrogen) atoms. The Hall–Kier alpha value is -1.26. The van der Waals surface area contributed by atoms with Crippen molar-refractivity contribution >= 4 is 18.3 Å². The molecular formula is C18H27ClN2O2. The predicted molar refractivity (Wildman–Crippen MR) is 93.9 cm³/mol. The van der Waals surface area contributed by atoms with Crippen molar-refractivity contribution in [2.45, 2.75) is 38.6 Å². The lowest BCUT2D eigenvalue weighted by molar-refractivity contribution is -0.130. The van der Waals surface area contributed by atoms with Gasteiger partial charge in [-0.2, -0.15) is 0 Å². The molecule has 0 radical (unpaired) electrons. The Kier molecular flexibility index (Phi) is 6.31. The van der Waals surface area contributed by atoms with E-state index < -0.39 is 0 Å². The highest BCUT2D eigenvalue weighted by Gasteiger charge is 2.42. The Morgan fingerprint density at radius 2 is 2.09 bits per heavy atom. The smallest absolute Gasteiger partial charge is 0.222 e. The SMILES string of the molecule is Cc1ccccc1OCCCC(=O)N1CC2CCC(N)C2C1.Cl. The number of rotatable bonds is 5. The van der Waals surface area contributed by atoms with E-state index in [-0.39, 0.29) is 18.3 Å². The van der Waals surface area contributed by atoms with Crippen molar-refractivity contribution in [2.75, 3.05) is 19.7 Å². The van der Waals surface area contributed by atoms with E-state index in [1.54, 1.807) is 0 Å². The molecule has 0 spiro atoms. The average Bonchev–Trinajstić information content (AvgIpc) is 3.08. The Bertz CT molecular complexity index is 538. The lowest BCUT2D eigenvalue weighted by atomic mass is 9.98. The molecule has 1 saturated heterocycles. The van der Waals surface area contributed by atoms with Crippen molar-refractivity contribution in [1.82, 2.24) is 4.90 Å². The van der Waals surface area contributed by atoms with Crippen molar-refractivity contribution in [3.63, 3.8) is 0 Å². The third-order valence-electron chi connectivity index (χ3n) is 5.15. The summed E-state index contributed by atoms with van der Waals surface area (Å²) in [6.07, 6.45) is 3.65. The summed E-state index contributed by atoms with van der Waals surface area (Å²) < 4.78 is 5.75. The zero-order chi connectivity index (χ0) is 15.5. The first-order chi connectivity index (χ1) is 10.6. The molecule has 3 atom stereocenters. The molecule has 1 aliphatic carbocycles. The monoisotopic (exact) mass is 338 g/mol. The van der Waals surface area contributed by atoms with E-state index in [9.17, 15) is 4.79 Å². The van der Waals surface area contributed by atoms with E-state index in [1.165, 1.54) is 6.42 Å². The average molecular weight is 339 g/mol. The molecule has 3 unspecified atom stereocenters. The number of fused-ring (bicyclic) bond motifs is 1. The highest BCUT2D eigenvalue weighted by molar-refractivity contribution is 5.85. The molecule has 1 amide bonds. The summed E-state index contributed by atoms with van der Waals surface area (Å²) in [6, 6.07) is 8.28. The van der Waals surface area contributed by atoms with Crippen LogP contribution in [0.1, 0.15) is 31.2 Å². The second kappa shape index (κ2) is 8.02. The summed E-state index contributed by atoms with van der Waals surface area (Å²) in [7, 11) is 0. The number of carbonyl (C=O) groups is 1. The van der Waals surface area contributed by atoms with Gasteiger partial charge in [0.1, 0.15) is 5.75 Å². The van der Waals surface area contributed by atoms with Crippen molar-refractivity contribution in [2.24, 2.45) is 17.6 Å². The fourth-order valence-corrected chi connectivity index (χ4v) is 3.79. The van der Waals surface area contributed by atoms with Crippen LogP contribution in [0.3, 0.4) is 0 Å². The Balaban J connectivity index is 0.00000192. The molecule has 2 N–H and O–H groups in total. The number of carbonyl (C=O) groups excluding carboxylic acids is 1. The molecule has 128 valence electrons. The second-order valence-electron chi connectivity index (χ2n) is 6.68. The number of hydrogen-bond donors (Lipinski definition) is 1. The third-order valence-corrected chi connectivity index (χ3v) is 5.15. The maximum absolute atomic E-state index is 12.3. The molecule has 1 aliphatic heterocycles. The number of likely N-dealkylation sites (tertiary alicyclic amines) is 1. The predicted octanol–water partition coefficient (Wildman–Crippen LogP) is 2.77. The number of halogens is 1. The van der Waals surface area contributed by atoms with Crippen LogP contribution < -0.4 is 10.5 Å². The highest BCUT2D eigenvalue weighted by atomic mass is 35.5. The Labute approximate surface area is 144 Å². The molecule has 2 fully saturated rings. The third kappa shape index (κ3) is 4.18. The fourth-order valence-electron chi connectivity index (χ4n) is 3.79. The minimum Gasteiger partial charge on any atom is -0.493 e. The van der Waals surface area contributed by atoms with E-state index in [0.717, 1.165) is 37.2 Å². The summed E-state index contributed by atoms with van der Waals surface area (Å²) in [5.74, 6) is 2.35. The Morgan fingerprint density at radius 1 is 1.30 bits per heavy atom. The lowest BCUT2D eigenvalue weighted by Gasteiger charge is -2.19. The topological polar surface area (TPSA) is 55.6 Å². The van der Waals surface area contributed by atoms with Gasteiger partial charge in [0, 0.05) is 25.6 Å². The molecule has 3 rings (SSSR count). The largest absolute Gasteiger partial charge is 0.493 e. The maximum Gasteiger partial charge on any atom is 0.222 e. The van der Waals surface area contributed by atoms with Gasteiger partial charge < -0.3 is 15.4 Å². The minimum absolute atomic E-state index is 0. The van der Waals surface area contributed by atoms with Crippen LogP contribution in [0.2, 0.25) is 0 Å². The molecule has 2 aliphatic rings. The van der Waals surface area contributed by atoms with Gasteiger partial charge >= 0.3 is 0 Å². The van der Waals surface area contributed by atoms with Gasteiger partial charge in [-0.3, -0.25) is 4.79 Å². The number of ether oxygens (including phenoxy) is 1. The van der Waals surface area contributed by atoms with Gasteiger partial charge in [0.2, 0.25) is 5.91 Å². The number of para-hydroxylation sites is 1. The van der Waals surface area contributed by atoms with E-state index in [2.05, 4.69) is 0 Å². The summed E-state index contributed by atoms with van der Waals surface area (Å²) in [5, 5.41) is 0. The molecule has 4 nitrogen and oxygen atoms in total. The minimum atomic E-state index is 0. The van der Waals surface area contributed by atoms with E-state index in [4.69, 9.17) is 10.5 Å². The first-order valence-electron chi connectivity index (χ1n) is 8.37. The van der Waals surface area contributed by atoms with Gasteiger partial charge in [-0.05, 0) is 49.7 Å². The zero-order valence-corrected chi connectivity index (χ0v) is 14.6. The number of benzene rings is 1. The summed E-state index contributed by atoms with van der Waals surface area (Å²) in [6.45, 7) is 4.41. The number of aryl methyl sites for hydroxylation is 1. The van der Waals surface area contributed by atoms with Crippen molar-refractivity contribution in [3.05, 3.63) is 29.8 Å². The van der Waals surface area contributed by atoms with Crippen LogP contribution in [0.5, 0.6) is 5.75 Å². The lowest BCUT2D eigenvalue weighted by Crippen LogP contribution is -2.33. The van der Waals surface area contributed by atoms with E-state index in [1.807, 2.05) is 36.1 Å². The standard InChI is InChI=1S/C18H26N2O2.ClH/c1-13-5-2-3-6-17(13)22-10-4-7-18(21)20-11-14-8-9-16(19)15(14)12-20;/h2-3,5-6,14-16H,4,7-12,19H2,1H3;1H. The normalized spacial score (nSPS) is 25.8. The van der Waals surface area contributed by atoms with Gasteiger partial charge in [-0.1, -0.05) is 18.2 Å². The van der Waals surface area contributed by atoms with Gasteiger partial charge in [0.15, 0.2) is 0 Å². The number of amides is 1. The van der Waals surface area contributed by atoms with Crippen LogP contribution in [0.15, 0.2) is 24.3 Å². The van der Waals surface area contributed by atoms with Crippen molar-refractivity contribution in [3.8, 4) is 5.75 Å². The van der Waals surface area contributed by atoms with Gasteiger partial charge in [-0.25, -0.2) is 0 Å². The van der Waals surface area contributed by atoms with Crippen LogP contribution >= 0.6 is 12.4 Å². The van der Waals surface area contributed by atoms with E-state index >= 15 is 0 Å².